The van der Waals surface area contributed by atoms with Crippen molar-refractivity contribution in [3.8, 4) is 0 Å². The van der Waals surface area contributed by atoms with Crippen molar-refractivity contribution in [2.45, 2.75) is 13.8 Å². The summed E-state index contributed by atoms with van der Waals surface area (Å²) in [6.07, 6.45) is 0. The first-order valence-corrected chi connectivity index (χ1v) is 6.51. The standard InChI is InChI=1S/C16H18N2O2/c1-3-20-16(19)13-5-4-6-14(15(13)17)18-12-9-7-11(2)8-10-12/h4-10,18H,3,17H2,1-2H3. The number of carbonyl (C=O) groups excluding carboxylic acids is 1. The van der Waals surface area contributed by atoms with Crippen LogP contribution in [0.15, 0.2) is 42.5 Å². The van der Waals surface area contributed by atoms with Crippen LogP contribution in [0.1, 0.15) is 22.8 Å². The number of para-hydroxylation sites is 1. The number of carbonyl (C=O) groups is 1. The molecule has 0 atom stereocenters. The Kier molecular flexibility index (Phi) is 4.25. The lowest BCUT2D eigenvalue weighted by atomic mass is 10.1. The number of hydrogen-bond acceptors (Lipinski definition) is 4. The first-order valence-electron chi connectivity index (χ1n) is 6.51. The number of rotatable bonds is 4. The van der Waals surface area contributed by atoms with E-state index in [-0.39, 0.29) is 0 Å². The van der Waals surface area contributed by atoms with Gasteiger partial charge in [-0.25, -0.2) is 4.79 Å². The highest BCUT2D eigenvalue weighted by Crippen LogP contribution is 2.27. The molecule has 2 rings (SSSR count). The summed E-state index contributed by atoms with van der Waals surface area (Å²) >= 11 is 0. The number of hydrogen-bond donors (Lipinski definition) is 2. The molecule has 0 radical (unpaired) electrons. The van der Waals surface area contributed by atoms with Crippen LogP contribution in [-0.2, 0) is 4.74 Å². The van der Waals surface area contributed by atoms with Gasteiger partial charge in [0.05, 0.1) is 23.5 Å². The lowest BCUT2D eigenvalue weighted by molar-refractivity contribution is 0.0527. The van der Waals surface area contributed by atoms with Crippen molar-refractivity contribution in [3.05, 3.63) is 53.6 Å². The zero-order valence-electron chi connectivity index (χ0n) is 11.6. The van der Waals surface area contributed by atoms with E-state index in [1.807, 2.05) is 37.3 Å². The molecule has 2 aromatic carbocycles. The van der Waals surface area contributed by atoms with Crippen LogP contribution in [0.5, 0.6) is 0 Å². The zero-order chi connectivity index (χ0) is 14.5. The second-order valence-corrected chi connectivity index (χ2v) is 4.48. The van der Waals surface area contributed by atoms with Crippen LogP contribution in [0.3, 0.4) is 0 Å². The van der Waals surface area contributed by atoms with Crippen LogP contribution in [0.25, 0.3) is 0 Å². The van der Waals surface area contributed by atoms with Crippen LogP contribution in [0, 0.1) is 6.92 Å². The maximum Gasteiger partial charge on any atom is 0.340 e. The molecule has 2 aromatic rings. The maximum absolute atomic E-state index is 11.8. The fourth-order valence-corrected chi connectivity index (χ4v) is 1.85. The van der Waals surface area contributed by atoms with Crippen molar-refractivity contribution in [3.63, 3.8) is 0 Å². The molecule has 0 heterocycles. The van der Waals surface area contributed by atoms with Crippen molar-refractivity contribution in [2.75, 3.05) is 17.7 Å². The van der Waals surface area contributed by atoms with Crippen molar-refractivity contribution in [2.24, 2.45) is 0 Å². The Balaban J connectivity index is 2.26. The van der Waals surface area contributed by atoms with E-state index in [2.05, 4.69) is 5.32 Å². The zero-order valence-corrected chi connectivity index (χ0v) is 11.6. The van der Waals surface area contributed by atoms with Gasteiger partial charge in [0, 0.05) is 5.69 Å². The second kappa shape index (κ2) is 6.10. The fourth-order valence-electron chi connectivity index (χ4n) is 1.85. The van der Waals surface area contributed by atoms with Crippen molar-refractivity contribution < 1.29 is 9.53 Å². The quantitative estimate of drug-likeness (QED) is 0.659. The number of ether oxygens (including phenoxy) is 1. The molecule has 104 valence electrons. The summed E-state index contributed by atoms with van der Waals surface area (Å²) in [4.78, 5) is 11.8. The third kappa shape index (κ3) is 3.09. The number of esters is 1. The molecule has 0 saturated carbocycles. The van der Waals surface area contributed by atoms with Gasteiger partial charge >= 0.3 is 5.97 Å². The summed E-state index contributed by atoms with van der Waals surface area (Å²) in [5, 5.41) is 3.20. The highest BCUT2D eigenvalue weighted by Gasteiger charge is 2.13. The van der Waals surface area contributed by atoms with E-state index in [1.54, 1.807) is 19.1 Å². The minimum absolute atomic E-state index is 0.327. The van der Waals surface area contributed by atoms with Gasteiger partial charge in [0.2, 0.25) is 0 Å². The fraction of sp³-hybridized carbons (Fsp3) is 0.188. The van der Waals surface area contributed by atoms with E-state index >= 15 is 0 Å². The minimum Gasteiger partial charge on any atom is -0.462 e. The predicted octanol–water partition coefficient (Wildman–Crippen LogP) is 3.50. The first-order chi connectivity index (χ1) is 9.61. The van der Waals surface area contributed by atoms with E-state index in [0.29, 0.717) is 23.5 Å². The lowest BCUT2D eigenvalue weighted by Gasteiger charge is -2.12. The Morgan fingerprint density at radius 1 is 1.20 bits per heavy atom. The van der Waals surface area contributed by atoms with Gasteiger partial charge in [0.15, 0.2) is 0 Å². The van der Waals surface area contributed by atoms with Crippen molar-refractivity contribution in [1.82, 2.24) is 0 Å². The summed E-state index contributed by atoms with van der Waals surface area (Å²) in [6.45, 7) is 4.12. The van der Waals surface area contributed by atoms with Gasteiger partial charge in [-0.1, -0.05) is 23.8 Å². The number of benzene rings is 2. The number of nitrogen functional groups attached to an aromatic ring is 1. The topological polar surface area (TPSA) is 64.3 Å². The SMILES string of the molecule is CCOC(=O)c1cccc(Nc2ccc(C)cc2)c1N. The number of anilines is 3. The van der Waals surface area contributed by atoms with E-state index in [4.69, 9.17) is 10.5 Å². The van der Waals surface area contributed by atoms with Gasteiger partial charge in [-0.2, -0.15) is 0 Å². The average Bonchev–Trinajstić information content (AvgIpc) is 2.44. The van der Waals surface area contributed by atoms with Crippen molar-refractivity contribution >= 4 is 23.0 Å². The Labute approximate surface area is 118 Å². The molecule has 0 spiro atoms. The largest absolute Gasteiger partial charge is 0.462 e. The average molecular weight is 270 g/mol. The molecule has 4 nitrogen and oxygen atoms in total. The highest BCUT2D eigenvalue weighted by atomic mass is 16.5. The molecule has 0 unspecified atom stereocenters. The minimum atomic E-state index is -0.405. The van der Waals surface area contributed by atoms with Gasteiger partial charge in [-0.05, 0) is 38.1 Å². The van der Waals surface area contributed by atoms with Crippen LogP contribution in [-0.4, -0.2) is 12.6 Å². The Morgan fingerprint density at radius 2 is 1.90 bits per heavy atom. The number of aryl methyl sites for hydroxylation is 1. The van der Waals surface area contributed by atoms with Crippen LogP contribution < -0.4 is 11.1 Å². The van der Waals surface area contributed by atoms with E-state index in [9.17, 15) is 4.79 Å². The number of nitrogens with one attached hydrogen (secondary N) is 1. The predicted molar refractivity (Wildman–Crippen MR) is 81.3 cm³/mol. The Morgan fingerprint density at radius 3 is 2.55 bits per heavy atom. The molecular weight excluding hydrogens is 252 g/mol. The van der Waals surface area contributed by atoms with Crippen LogP contribution in [0.2, 0.25) is 0 Å². The molecular formula is C16H18N2O2. The molecule has 0 saturated heterocycles. The van der Waals surface area contributed by atoms with Gasteiger partial charge < -0.3 is 15.8 Å². The molecule has 0 fully saturated rings. The Hall–Kier alpha value is -2.49. The summed E-state index contributed by atoms with van der Waals surface area (Å²) in [5.74, 6) is -0.405. The molecule has 20 heavy (non-hydrogen) atoms. The van der Waals surface area contributed by atoms with Gasteiger partial charge in [0.25, 0.3) is 0 Å². The maximum atomic E-state index is 11.8. The highest BCUT2D eigenvalue weighted by molar-refractivity contribution is 5.98. The summed E-state index contributed by atoms with van der Waals surface area (Å²) in [6, 6.07) is 13.2. The molecule has 0 aliphatic heterocycles. The number of nitrogens with two attached hydrogens (primary N) is 1. The van der Waals surface area contributed by atoms with Gasteiger partial charge in [-0.15, -0.1) is 0 Å². The van der Waals surface area contributed by atoms with Crippen LogP contribution >= 0.6 is 0 Å². The molecule has 0 aliphatic carbocycles. The first kappa shape index (κ1) is 13.9. The van der Waals surface area contributed by atoms with Crippen LogP contribution in [0.4, 0.5) is 17.1 Å². The smallest absolute Gasteiger partial charge is 0.340 e. The normalized spacial score (nSPS) is 10.1. The van der Waals surface area contributed by atoms with E-state index < -0.39 is 5.97 Å². The molecule has 0 bridgehead atoms. The second-order valence-electron chi connectivity index (χ2n) is 4.48. The van der Waals surface area contributed by atoms with Gasteiger partial charge in [-0.3, -0.25) is 0 Å². The van der Waals surface area contributed by atoms with Crippen molar-refractivity contribution in [1.29, 1.82) is 0 Å². The molecule has 0 amide bonds. The lowest BCUT2D eigenvalue weighted by Crippen LogP contribution is -2.09. The summed E-state index contributed by atoms with van der Waals surface area (Å²) < 4.78 is 4.98. The summed E-state index contributed by atoms with van der Waals surface area (Å²) in [5.41, 5.74) is 9.60. The molecule has 4 heteroatoms. The third-order valence-electron chi connectivity index (χ3n) is 2.93. The van der Waals surface area contributed by atoms with E-state index in [1.165, 1.54) is 5.56 Å². The molecule has 0 aliphatic rings. The summed E-state index contributed by atoms with van der Waals surface area (Å²) in [7, 11) is 0. The van der Waals surface area contributed by atoms with Gasteiger partial charge in [0.1, 0.15) is 0 Å². The molecule has 3 N–H and O–H groups in total. The Bertz CT molecular complexity index is 606. The molecule has 0 aromatic heterocycles. The van der Waals surface area contributed by atoms with E-state index in [0.717, 1.165) is 5.69 Å². The monoisotopic (exact) mass is 270 g/mol. The third-order valence-corrected chi connectivity index (χ3v) is 2.93.